The quantitative estimate of drug-likeness (QED) is 0.706. The van der Waals surface area contributed by atoms with E-state index in [1.807, 2.05) is 13.8 Å². The molecular formula is C17H23N3O5S2. The number of carbonyl (C=O) groups excluding carboxylic acids is 1. The van der Waals surface area contributed by atoms with E-state index in [-0.39, 0.29) is 28.7 Å². The fourth-order valence-corrected chi connectivity index (χ4v) is 7.02. The summed E-state index contributed by atoms with van der Waals surface area (Å²) >= 11 is 1.17. The van der Waals surface area contributed by atoms with Crippen molar-refractivity contribution >= 4 is 37.5 Å². The minimum atomic E-state index is -3.84. The van der Waals surface area contributed by atoms with Crippen LogP contribution in [-0.4, -0.2) is 48.4 Å². The summed E-state index contributed by atoms with van der Waals surface area (Å²) < 4.78 is 33.9. The summed E-state index contributed by atoms with van der Waals surface area (Å²) in [5, 5.41) is 0.0507. The fourth-order valence-electron chi connectivity index (χ4n) is 3.67. The van der Waals surface area contributed by atoms with Crippen molar-refractivity contribution in [3.8, 4) is 0 Å². The number of rotatable bonds is 4. The molecule has 0 radical (unpaired) electrons. The molecular weight excluding hydrogens is 390 g/mol. The Hall–Kier alpha value is -1.78. The van der Waals surface area contributed by atoms with Crippen LogP contribution in [0.3, 0.4) is 0 Å². The maximum Gasteiger partial charge on any atom is 0.325 e. The van der Waals surface area contributed by atoms with E-state index in [0.717, 1.165) is 11.0 Å². The van der Waals surface area contributed by atoms with Gasteiger partial charge >= 0.3 is 5.97 Å². The van der Waals surface area contributed by atoms with Gasteiger partial charge in [-0.25, -0.2) is 13.4 Å². The van der Waals surface area contributed by atoms with Gasteiger partial charge in [0.25, 0.3) is 5.56 Å². The number of hydrogen-bond acceptors (Lipinski definition) is 7. The summed E-state index contributed by atoms with van der Waals surface area (Å²) in [5.74, 6) is -0.0982. The number of aryl methyl sites for hydroxylation is 1. The number of aromatic nitrogens is 2. The van der Waals surface area contributed by atoms with Crippen LogP contribution < -0.4 is 5.56 Å². The molecule has 1 aliphatic rings. The van der Waals surface area contributed by atoms with Crippen LogP contribution in [0.25, 0.3) is 10.2 Å². The molecule has 3 rings (SSSR count). The zero-order valence-electron chi connectivity index (χ0n) is 15.8. The van der Waals surface area contributed by atoms with Crippen LogP contribution in [0.4, 0.5) is 0 Å². The van der Waals surface area contributed by atoms with Gasteiger partial charge in [-0.2, -0.15) is 4.31 Å². The number of esters is 1. The topological polar surface area (TPSA) is 98.6 Å². The minimum absolute atomic E-state index is 0.0144. The van der Waals surface area contributed by atoms with Crippen molar-refractivity contribution in [1.29, 1.82) is 0 Å². The third-order valence-electron chi connectivity index (χ3n) is 4.76. The molecule has 148 valence electrons. The van der Waals surface area contributed by atoms with Crippen LogP contribution in [0.15, 0.2) is 16.0 Å². The summed E-state index contributed by atoms with van der Waals surface area (Å²) in [7, 11) is -2.62. The molecule has 0 spiro atoms. The van der Waals surface area contributed by atoms with E-state index >= 15 is 0 Å². The number of carbonyl (C=O) groups is 1. The van der Waals surface area contributed by atoms with Gasteiger partial charge in [-0.05, 0) is 25.2 Å². The highest BCUT2D eigenvalue weighted by Gasteiger charge is 2.35. The molecule has 2 aromatic rings. The second-order valence-corrected chi connectivity index (χ2v) is 10.3. The SMILES string of the molecule is COC(=O)Cn1cnc2sc(C)c(S(=O)(=O)N3C[C@@H](C)C[C@H](C)C3)c2c1=O. The lowest BCUT2D eigenvalue weighted by Crippen LogP contribution is -2.42. The lowest BCUT2D eigenvalue weighted by Gasteiger charge is -2.34. The fraction of sp³-hybridized carbons (Fsp3) is 0.588. The number of piperidine rings is 1. The zero-order chi connectivity index (χ0) is 19.9. The van der Waals surface area contributed by atoms with Crippen molar-refractivity contribution in [3.05, 3.63) is 21.6 Å². The van der Waals surface area contributed by atoms with Gasteiger partial charge < -0.3 is 4.74 Å². The van der Waals surface area contributed by atoms with Crippen molar-refractivity contribution in [2.45, 2.75) is 38.6 Å². The van der Waals surface area contributed by atoms with E-state index in [1.165, 1.54) is 29.1 Å². The highest BCUT2D eigenvalue weighted by atomic mass is 32.2. The Morgan fingerprint density at radius 1 is 1.33 bits per heavy atom. The van der Waals surface area contributed by atoms with Crippen LogP contribution in [0.2, 0.25) is 0 Å². The number of hydrogen-bond donors (Lipinski definition) is 0. The first-order chi connectivity index (χ1) is 12.6. The van der Waals surface area contributed by atoms with Gasteiger partial charge in [0.15, 0.2) is 0 Å². The maximum atomic E-state index is 13.4. The highest BCUT2D eigenvalue weighted by Crippen LogP contribution is 2.35. The van der Waals surface area contributed by atoms with Gasteiger partial charge in [0.05, 0.1) is 18.8 Å². The van der Waals surface area contributed by atoms with E-state index in [0.29, 0.717) is 22.8 Å². The number of methoxy groups -OCH3 is 1. The molecule has 0 bridgehead atoms. The summed E-state index contributed by atoms with van der Waals surface area (Å²) in [6.07, 6.45) is 2.22. The first kappa shape index (κ1) is 20.0. The first-order valence-corrected chi connectivity index (χ1v) is 11.0. The molecule has 0 saturated carbocycles. The number of thiophene rings is 1. The lowest BCUT2D eigenvalue weighted by atomic mass is 9.94. The van der Waals surface area contributed by atoms with Crippen molar-refractivity contribution < 1.29 is 17.9 Å². The summed E-state index contributed by atoms with van der Waals surface area (Å²) in [6.45, 7) is 6.29. The smallest absolute Gasteiger partial charge is 0.325 e. The molecule has 8 nitrogen and oxygen atoms in total. The van der Waals surface area contributed by atoms with Gasteiger partial charge in [-0.3, -0.25) is 14.2 Å². The Kier molecular flexibility index (Phi) is 5.42. The molecule has 0 aromatic carbocycles. The van der Waals surface area contributed by atoms with Gasteiger partial charge in [0.1, 0.15) is 16.3 Å². The van der Waals surface area contributed by atoms with Gasteiger partial charge in [0.2, 0.25) is 10.0 Å². The molecule has 10 heteroatoms. The molecule has 0 N–H and O–H groups in total. The van der Waals surface area contributed by atoms with Gasteiger partial charge in [-0.1, -0.05) is 13.8 Å². The van der Waals surface area contributed by atoms with Gasteiger partial charge in [0, 0.05) is 18.0 Å². The normalized spacial score (nSPS) is 21.5. The van der Waals surface area contributed by atoms with Crippen LogP contribution in [0, 0.1) is 18.8 Å². The van der Waals surface area contributed by atoms with Crippen LogP contribution in [0.5, 0.6) is 0 Å². The maximum absolute atomic E-state index is 13.4. The Labute approximate surface area is 161 Å². The molecule has 0 aliphatic carbocycles. The summed E-state index contributed by atoms with van der Waals surface area (Å²) in [4.78, 5) is 29.5. The Balaban J connectivity index is 2.16. The molecule has 2 atom stereocenters. The average molecular weight is 414 g/mol. The third-order valence-corrected chi connectivity index (χ3v) is 7.91. The first-order valence-electron chi connectivity index (χ1n) is 8.70. The predicted octanol–water partition coefficient (Wildman–Crippen LogP) is 1.61. The molecule has 1 fully saturated rings. The Morgan fingerprint density at radius 2 is 1.96 bits per heavy atom. The molecule has 0 unspecified atom stereocenters. The Bertz CT molecular complexity index is 1030. The third kappa shape index (κ3) is 3.65. The minimum Gasteiger partial charge on any atom is -0.468 e. The molecule has 2 aromatic heterocycles. The zero-order valence-corrected chi connectivity index (χ0v) is 17.4. The number of nitrogens with zero attached hydrogens (tertiary/aromatic N) is 3. The van der Waals surface area contributed by atoms with Crippen molar-refractivity contribution in [2.24, 2.45) is 11.8 Å². The van der Waals surface area contributed by atoms with Crippen LogP contribution >= 0.6 is 11.3 Å². The molecule has 3 heterocycles. The highest BCUT2D eigenvalue weighted by molar-refractivity contribution is 7.89. The van der Waals surface area contributed by atoms with E-state index < -0.39 is 21.6 Å². The molecule has 1 aliphatic heterocycles. The molecule has 1 saturated heterocycles. The standard InChI is InChI=1S/C17H23N3O5S2/c1-10-5-11(2)7-20(6-10)27(23,24)15-12(3)26-16-14(15)17(22)19(9-18-16)8-13(21)25-4/h9-11H,5-8H2,1-4H3/t10-,11-/m0/s1. The number of sulfonamides is 1. The Morgan fingerprint density at radius 3 is 2.56 bits per heavy atom. The lowest BCUT2D eigenvalue weighted by molar-refractivity contribution is -0.141. The van der Waals surface area contributed by atoms with E-state index in [9.17, 15) is 18.0 Å². The molecule has 27 heavy (non-hydrogen) atoms. The van der Waals surface area contributed by atoms with Crippen molar-refractivity contribution in [2.75, 3.05) is 20.2 Å². The van der Waals surface area contributed by atoms with E-state index in [1.54, 1.807) is 6.92 Å². The largest absolute Gasteiger partial charge is 0.468 e. The number of ether oxygens (including phenoxy) is 1. The monoisotopic (exact) mass is 413 g/mol. The van der Waals surface area contributed by atoms with Crippen LogP contribution in [0.1, 0.15) is 25.1 Å². The average Bonchev–Trinajstić information content (AvgIpc) is 2.94. The van der Waals surface area contributed by atoms with Crippen LogP contribution in [-0.2, 0) is 26.1 Å². The van der Waals surface area contributed by atoms with E-state index in [2.05, 4.69) is 9.72 Å². The second kappa shape index (κ2) is 7.33. The summed E-state index contributed by atoms with van der Waals surface area (Å²) in [5.41, 5.74) is -0.550. The van der Waals surface area contributed by atoms with Crippen molar-refractivity contribution in [1.82, 2.24) is 13.9 Å². The summed E-state index contributed by atoms with van der Waals surface area (Å²) in [6, 6.07) is 0. The van der Waals surface area contributed by atoms with Crippen molar-refractivity contribution in [3.63, 3.8) is 0 Å². The molecule has 0 amide bonds. The van der Waals surface area contributed by atoms with Gasteiger partial charge in [-0.15, -0.1) is 11.3 Å². The number of fused-ring (bicyclic) bond motifs is 1. The predicted molar refractivity (Wildman–Crippen MR) is 102 cm³/mol. The van der Waals surface area contributed by atoms with E-state index in [4.69, 9.17) is 0 Å². The second-order valence-electron chi connectivity index (χ2n) is 7.19.